The van der Waals surface area contributed by atoms with Crippen LogP contribution in [0.1, 0.15) is 47.0 Å². The molecule has 106 valence electrons. The first-order chi connectivity index (χ1) is 8.28. The van der Waals surface area contributed by atoms with E-state index in [9.17, 15) is 9.59 Å². The molecule has 1 amide bonds. The van der Waals surface area contributed by atoms with Gasteiger partial charge in [-0.2, -0.15) is 0 Å². The van der Waals surface area contributed by atoms with Gasteiger partial charge in [-0.15, -0.1) is 0 Å². The number of carbonyl (C=O) groups is 2. The first kappa shape index (κ1) is 16.9. The molecular formula is C13H25NO4. The Morgan fingerprint density at radius 1 is 1.39 bits per heavy atom. The lowest BCUT2D eigenvalue weighted by Crippen LogP contribution is -2.51. The van der Waals surface area contributed by atoms with E-state index in [1.807, 2.05) is 20.8 Å². The molecule has 0 aromatic heterocycles. The molecule has 1 N–H and O–H groups in total. The largest absolute Gasteiger partial charge is 0.481 e. The number of ether oxygens (including phenoxy) is 1. The summed E-state index contributed by atoms with van der Waals surface area (Å²) in [6.07, 6.45) is 1.12. The Kier molecular flexibility index (Phi) is 6.91. The monoisotopic (exact) mass is 259 g/mol. The van der Waals surface area contributed by atoms with Crippen LogP contribution in [0.4, 0.5) is 0 Å². The van der Waals surface area contributed by atoms with Crippen molar-refractivity contribution in [2.75, 3.05) is 13.7 Å². The van der Waals surface area contributed by atoms with E-state index in [-0.39, 0.29) is 18.4 Å². The molecule has 0 saturated carbocycles. The molecule has 0 bridgehead atoms. The topological polar surface area (TPSA) is 66.8 Å². The normalized spacial score (nSPS) is 14.3. The third-order valence-electron chi connectivity index (χ3n) is 3.25. The molecule has 0 spiro atoms. The predicted octanol–water partition coefficient (Wildman–Crippen LogP) is 1.90. The fraction of sp³-hybridized carbons (Fsp3) is 0.846. The minimum absolute atomic E-state index is 0.0346. The molecule has 0 aliphatic heterocycles. The minimum atomic E-state index is -0.837. The van der Waals surface area contributed by atoms with Crippen molar-refractivity contribution in [3.8, 4) is 0 Å². The first-order valence-electron chi connectivity index (χ1n) is 6.36. The predicted molar refractivity (Wildman–Crippen MR) is 69.4 cm³/mol. The van der Waals surface area contributed by atoms with Gasteiger partial charge in [0.1, 0.15) is 5.60 Å². The van der Waals surface area contributed by atoms with E-state index >= 15 is 0 Å². The highest BCUT2D eigenvalue weighted by Gasteiger charge is 2.35. The Morgan fingerprint density at radius 2 is 1.94 bits per heavy atom. The third-order valence-corrected chi connectivity index (χ3v) is 3.25. The molecule has 0 heterocycles. The van der Waals surface area contributed by atoms with Gasteiger partial charge in [0.15, 0.2) is 0 Å². The third kappa shape index (κ3) is 4.64. The lowest BCUT2D eigenvalue weighted by Gasteiger charge is -2.35. The fourth-order valence-electron chi connectivity index (χ4n) is 1.68. The molecule has 0 fully saturated rings. The average molecular weight is 259 g/mol. The van der Waals surface area contributed by atoms with Crippen LogP contribution in [-0.4, -0.2) is 47.2 Å². The molecule has 0 radical (unpaired) electrons. The maximum absolute atomic E-state index is 12.4. The molecule has 0 aromatic carbocycles. The smallest absolute Gasteiger partial charge is 0.303 e. The van der Waals surface area contributed by atoms with Crippen LogP contribution in [0.2, 0.25) is 0 Å². The Morgan fingerprint density at radius 3 is 2.28 bits per heavy atom. The van der Waals surface area contributed by atoms with E-state index in [0.717, 1.165) is 0 Å². The van der Waals surface area contributed by atoms with Crippen molar-refractivity contribution in [3.63, 3.8) is 0 Å². The van der Waals surface area contributed by atoms with Crippen molar-refractivity contribution >= 4 is 11.9 Å². The standard InChI is InChI=1S/C13H25NO4/c1-6-13(4,18-5)12(17)14(10(2)3)9-7-8-11(15)16/h10H,6-9H2,1-5H3,(H,15,16). The van der Waals surface area contributed by atoms with Gasteiger partial charge in [-0.25, -0.2) is 0 Å². The molecule has 18 heavy (non-hydrogen) atoms. The van der Waals surface area contributed by atoms with Crippen molar-refractivity contribution in [3.05, 3.63) is 0 Å². The van der Waals surface area contributed by atoms with Crippen LogP contribution in [0.15, 0.2) is 0 Å². The van der Waals surface area contributed by atoms with Crippen LogP contribution in [0.3, 0.4) is 0 Å². The van der Waals surface area contributed by atoms with Crippen LogP contribution in [-0.2, 0) is 14.3 Å². The van der Waals surface area contributed by atoms with E-state index in [0.29, 0.717) is 19.4 Å². The minimum Gasteiger partial charge on any atom is -0.481 e. The number of carboxylic acid groups (broad SMARTS) is 1. The molecule has 1 atom stereocenters. The van der Waals surface area contributed by atoms with E-state index in [2.05, 4.69) is 0 Å². The van der Waals surface area contributed by atoms with Gasteiger partial charge in [0.2, 0.25) is 0 Å². The number of aliphatic carboxylic acids is 1. The molecule has 0 aliphatic rings. The van der Waals surface area contributed by atoms with Gasteiger partial charge < -0.3 is 14.7 Å². The Bertz CT molecular complexity index is 285. The maximum atomic E-state index is 12.4. The van der Waals surface area contributed by atoms with Gasteiger partial charge >= 0.3 is 5.97 Å². The summed E-state index contributed by atoms with van der Waals surface area (Å²) in [4.78, 5) is 24.6. The number of hydrogen-bond donors (Lipinski definition) is 1. The molecule has 1 unspecified atom stereocenters. The van der Waals surface area contributed by atoms with Gasteiger partial charge in [-0.1, -0.05) is 6.92 Å². The maximum Gasteiger partial charge on any atom is 0.303 e. The summed E-state index contributed by atoms with van der Waals surface area (Å²) in [6.45, 7) is 7.95. The number of carbonyl (C=O) groups excluding carboxylic acids is 1. The summed E-state index contributed by atoms with van der Waals surface area (Å²) in [5.41, 5.74) is -0.826. The molecule has 0 saturated heterocycles. The number of carboxylic acids is 1. The first-order valence-corrected chi connectivity index (χ1v) is 6.36. The lowest BCUT2D eigenvalue weighted by atomic mass is 10.00. The van der Waals surface area contributed by atoms with Gasteiger partial charge in [-0.3, -0.25) is 9.59 Å². The van der Waals surface area contributed by atoms with Gasteiger partial charge in [-0.05, 0) is 33.6 Å². The van der Waals surface area contributed by atoms with E-state index in [1.165, 1.54) is 7.11 Å². The van der Waals surface area contributed by atoms with E-state index in [4.69, 9.17) is 9.84 Å². The second kappa shape index (κ2) is 7.36. The molecule has 0 aromatic rings. The number of hydrogen-bond acceptors (Lipinski definition) is 3. The van der Waals surface area contributed by atoms with Crippen molar-refractivity contribution in [1.82, 2.24) is 4.90 Å². The molecule has 0 aliphatic carbocycles. The highest BCUT2D eigenvalue weighted by Crippen LogP contribution is 2.19. The van der Waals surface area contributed by atoms with Gasteiger partial charge in [0.05, 0.1) is 0 Å². The summed E-state index contributed by atoms with van der Waals surface area (Å²) in [5, 5.41) is 8.63. The Hall–Kier alpha value is -1.10. The van der Waals surface area contributed by atoms with Crippen molar-refractivity contribution in [2.24, 2.45) is 0 Å². The highest BCUT2D eigenvalue weighted by atomic mass is 16.5. The second-order valence-electron chi connectivity index (χ2n) is 4.88. The number of nitrogens with zero attached hydrogens (tertiary/aromatic N) is 1. The zero-order chi connectivity index (χ0) is 14.3. The van der Waals surface area contributed by atoms with Crippen molar-refractivity contribution in [2.45, 2.75) is 58.6 Å². The molecule has 5 heteroatoms. The Balaban J connectivity index is 4.69. The van der Waals surface area contributed by atoms with Gasteiger partial charge in [0, 0.05) is 26.1 Å². The van der Waals surface area contributed by atoms with E-state index in [1.54, 1.807) is 11.8 Å². The van der Waals surface area contributed by atoms with Crippen molar-refractivity contribution in [1.29, 1.82) is 0 Å². The summed E-state index contributed by atoms with van der Waals surface area (Å²) in [7, 11) is 1.52. The van der Waals surface area contributed by atoms with Crippen LogP contribution in [0.25, 0.3) is 0 Å². The molecular weight excluding hydrogens is 234 g/mol. The van der Waals surface area contributed by atoms with E-state index < -0.39 is 11.6 Å². The second-order valence-corrected chi connectivity index (χ2v) is 4.88. The zero-order valence-corrected chi connectivity index (χ0v) is 12.0. The highest BCUT2D eigenvalue weighted by molar-refractivity contribution is 5.85. The lowest BCUT2D eigenvalue weighted by molar-refractivity contribution is -0.155. The fourth-order valence-corrected chi connectivity index (χ4v) is 1.68. The quantitative estimate of drug-likeness (QED) is 0.723. The molecule has 0 rings (SSSR count). The zero-order valence-electron chi connectivity index (χ0n) is 12.0. The summed E-state index contributed by atoms with van der Waals surface area (Å²) >= 11 is 0. The summed E-state index contributed by atoms with van der Waals surface area (Å²) < 4.78 is 5.30. The number of amides is 1. The van der Waals surface area contributed by atoms with Crippen molar-refractivity contribution < 1.29 is 19.4 Å². The summed E-state index contributed by atoms with van der Waals surface area (Å²) in [5.74, 6) is -0.913. The number of rotatable bonds is 8. The summed E-state index contributed by atoms with van der Waals surface area (Å²) in [6, 6.07) is 0.0346. The number of methoxy groups -OCH3 is 1. The van der Waals surface area contributed by atoms with Crippen LogP contribution >= 0.6 is 0 Å². The van der Waals surface area contributed by atoms with Crippen LogP contribution in [0.5, 0.6) is 0 Å². The SMILES string of the molecule is CCC(C)(OC)C(=O)N(CCCC(=O)O)C(C)C. The average Bonchev–Trinajstić information content (AvgIpc) is 2.32. The molecule has 5 nitrogen and oxygen atoms in total. The van der Waals surface area contributed by atoms with Crippen LogP contribution in [0, 0.1) is 0 Å². The van der Waals surface area contributed by atoms with Crippen LogP contribution < -0.4 is 0 Å². The van der Waals surface area contributed by atoms with Gasteiger partial charge in [0.25, 0.3) is 5.91 Å². The Labute approximate surface area is 109 Å².